The molecule has 3 aromatic rings. The van der Waals surface area contributed by atoms with Crippen LogP contribution in [0.1, 0.15) is 32.9 Å². The van der Waals surface area contributed by atoms with E-state index < -0.39 is 11.9 Å². The van der Waals surface area contributed by atoms with Crippen LogP contribution in [0, 0.1) is 6.92 Å². The van der Waals surface area contributed by atoms with Gasteiger partial charge in [-0.05, 0) is 36.8 Å². The smallest absolute Gasteiger partial charge is 0.308 e. The zero-order chi connectivity index (χ0) is 25.0. The molecule has 3 rings (SSSR count). The predicted octanol–water partition coefficient (Wildman–Crippen LogP) is 3.39. The molecule has 0 atom stereocenters. The summed E-state index contributed by atoms with van der Waals surface area (Å²) in [5.74, 6) is 0.324. The predicted molar refractivity (Wildman–Crippen MR) is 130 cm³/mol. The van der Waals surface area contributed by atoms with Crippen molar-refractivity contribution in [1.29, 1.82) is 0 Å². The lowest BCUT2D eigenvalue weighted by atomic mass is 10.1. The fourth-order valence-corrected chi connectivity index (χ4v) is 3.38. The Bertz CT molecular complexity index is 1150. The minimum Gasteiger partial charge on any atom is -0.481 e. The molecule has 1 heterocycles. The number of anilines is 3. The second kappa shape index (κ2) is 10.1. The Morgan fingerprint density at radius 2 is 1.48 bits per heavy atom. The average Bonchev–Trinajstić information content (AvgIpc) is 2.79. The van der Waals surface area contributed by atoms with Crippen molar-refractivity contribution in [1.82, 2.24) is 9.97 Å². The van der Waals surface area contributed by atoms with Gasteiger partial charge in [-0.2, -0.15) is 0 Å². The van der Waals surface area contributed by atoms with E-state index in [4.69, 9.17) is 1.41 Å². The van der Waals surface area contributed by atoms with Crippen LogP contribution >= 0.6 is 0 Å². The minimum atomic E-state index is -0.946. The highest BCUT2D eigenvalue weighted by Gasteiger charge is 2.20. The van der Waals surface area contributed by atoms with Gasteiger partial charge in [0, 0.05) is 51.4 Å². The van der Waals surface area contributed by atoms with Gasteiger partial charge in [0.2, 0.25) is 0 Å². The van der Waals surface area contributed by atoms with E-state index in [1.807, 2.05) is 59.4 Å². The topological polar surface area (TPSA) is 98.7 Å². The maximum Gasteiger partial charge on any atom is 0.308 e. The highest BCUT2D eigenvalue weighted by Crippen LogP contribution is 2.27. The number of amides is 1. The molecule has 2 aromatic carbocycles. The van der Waals surface area contributed by atoms with Gasteiger partial charge in [0.05, 0.1) is 6.42 Å². The molecule has 0 radical (unpaired) electrons. The Kier molecular flexibility index (Phi) is 6.83. The summed E-state index contributed by atoms with van der Waals surface area (Å²) in [4.78, 5) is 36.8. The number of benzene rings is 2. The number of carbonyl (C=O) groups is 2. The summed E-state index contributed by atoms with van der Waals surface area (Å²) in [5.41, 5.74) is 3.41. The first-order valence-corrected chi connectivity index (χ1v) is 10.5. The fourth-order valence-electron chi connectivity index (χ4n) is 3.38. The third kappa shape index (κ3) is 6.06. The Labute approximate surface area is 195 Å². The molecule has 0 aliphatic carbocycles. The van der Waals surface area contributed by atoms with Gasteiger partial charge in [-0.3, -0.25) is 9.59 Å². The largest absolute Gasteiger partial charge is 0.481 e. The molecule has 0 saturated carbocycles. The molecule has 2 N–H and O–H groups in total. The van der Waals surface area contributed by atoms with Crippen LogP contribution < -0.4 is 15.1 Å². The molecule has 8 nitrogen and oxygen atoms in total. The van der Waals surface area contributed by atoms with Crippen LogP contribution in [0.4, 0.5) is 17.3 Å². The van der Waals surface area contributed by atoms with Gasteiger partial charge in [-0.15, -0.1) is 0 Å². The summed E-state index contributed by atoms with van der Waals surface area (Å²) in [6, 6.07) is 14.2. The molecule has 1 amide bonds. The SMILES string of the molecule is [2H]N(C(=O)c1ccc(C)cc1)c1ccc(Cc2nc(N(C)C)c(CC(=O)O)c(N(C)C)n2)cc1. The molecule has 0 saturated heterocycles. The van der Waals surface area contributed by atoms with Crippen molar-refractivity contribution in [3.8, 4) is 0 Å². The first kappa shape index (κ1) is 22.3. The fraction of sp³-hybridized carbons (Fsp3) is 0.280. The van der Waals surface area contributed by atoms with Crippen molar-refractivity contribution in [2.45, 2.75) is 19.8 Å². The van der Waals surface area contributed by atoms with Crippen LogP contribution in [0.2, 0.25) is 1.41 Å². The number of hydrogen-bond donors (Lipinski definition) is 2. The number of nitrogens with zero attached hydrogens (tertiary/aromatic N) is 4. The molecule has 0 bridgehead atoms. The Morgan fingerprint density at radius 1 is 0.939 bits per heavy atom. The number of rotatable bonds is 8. The van der Waals surface area contributed by atoms with Crippen LogP contribution in [0.5, 0.6) is 0 Å². The van der Waals surface area contributed by atoms with Gasteiger partial charge in [0.25, 0.3) is 5.91 Å². The second-order valence-corrected chi connectivity index (χ2v) is 8.25. The average molecular weight is 449 g/mol. The van der Waals surface area contributed by atoms with Gasteiger partial charge in [0.1, 0.15) is 17.5 Å². The quantitative estimate of drug-likeness (QED) is 0.545. The number of nitrogens with one attached hydrogen (secondary N) is 1. The second-order valence-electron chi connectivity index (χ2n) is 8.25. The first-order chi connectivity index (χ1) is 16.1. The highest BCUT2D eigenvalue weighted by atomic mass is 16.4. The van der Waals surface area contributed by atoms with E-state index in [9.17, 15) is 14.7 Å². The number of hydrogen-bond acceptors (Lipinski definition) is 6. The number of carbonyl (C=O) groups excluding carboxylic acids is 1. The van der Waals surface area contributed by atoms with Crippen molar-refractivity contribution in [3.63, 3.8) is 0 Å². The lowest BCUT2D eigenvalue weighted by molar-refractivity contribution is -0.136. The lowest BCUT2D eigenvalue weighted by Gasteiger charge is -2.22. The number of carboxylic acid groups (broad SMARTS) is 1. The van der Waals surface area contributed by atoms with Crippen molar-refractivity contribution in [3.05, 3.63) is 76.6 Å². The third-order valence-electron chi connectivity index (χ3n) is 5.01. The van der Waals surface area contributed by atoms with E-state index in [0.717, 1.165) is 16.4 Å². The molecular formula is C25H29N5O3. The van der Waals surface area contributed by atoms with Gasteiger partial charge < -0.3 is 20.2 Å². The molecule has 0 fully saturated rings. The molecule has 8 heteroatoms. The summed E-state index contributed by atoms with van der Waals surface area (Å²) in [6.07, 6.45) is 0.240. The van der Waals surface area contributed by atoms with E-state index in [1.165, 1.54) is 0 Å². The molecule has 0 aliphatic heterocycles. The normalized spacial score (nSPS) is 11.0. The van der Waals surface area contributed by atoms with Crippen LogP contribution in [0.3, 0.4) is 0 Å². The first-order valence-electron chi connectivity index (χ1n) is 11.0. The van der Waals surface area contributed by atoms with Crippen molar-refractivity contribution in [2.24, 2.45) is 0 Å². The van der Waals surface area contributed by atoms with Crippen LogP contribution in [-0.4, -0.2) is 55.1 Å². The summed E-state index contributed by atoms with van der Waals surface area (Å²) in [6.45, 7) is 1.94. The van der Waals surface area contributed by atoms with Crippen molar-refractivity contribution >= 4 is 29.2 Å². The Morgan fingerprint density at radius 3 is 1.97 bits per heavy atom. The van der Waals surface area contributed by atoms with Gasteiger partial charge in [-0.25, -0.2) is 9.97 Å². The molecule has 0 spiro atoms. The zero-order valence-corrected chi connectivity index (χ0v) is 19.5. The maximum atomic E-state index is 12.6. The number of aromatic nitrogens is 2. The molecule has 0 aliphatic rings. The van der Waals surface area contributed by atoms with Gasteiger partial charge in [-0.1, -0.05) is 29.8 Å². The van der Waals surface area contributed by atoms with Gasteiger partial charge in [0.15, 0.2) is 1.41 Å². The van der Waals surface area contributed by atoms with Crippen LogP contribution in [0.15, 0.2) is 48.5 Å². The monoisotopic (exact) mass is 448 g/mol. The minimum absolute atomic E-state index is 0.176. The van der Waals surface area contributed by atoms with Crippen molar-refractivity contribution in [2.75, 3.05) is 43.3 Å². The number of carboxylic acids is 1. The van der Waals surface area contributed by atoms with E-state index >= 15 is 0 Å². The summed E-state index contributed by atoms with van der Waals surface area (Å²) in [7, 11) is 7.28. The van der Waals surface area contributed by atoms with E-state index in [1.54, 1.807) is 34.1 Å². The summed E-state index contributed by atoms with van der Waals surface area (Å²) >= 11 is 0. The van der Waals surface area contributed by atoms with E-state index in [2.05, 4.69) is 9.97 Å². The van der Waals surface area contributed by atoms with Crippen molar-refractivity contribution < 1.29 is 16.1 Å². The molecular weight excluding hydrogens is 418 g/mol. The Balaban J connectivity index is 1.85. The number of aryl methyl sites for hydroxylation is 1. The molecule has 172 valence electrons. The summed E-state index contributed by atoms with van der Waals surface area (Å²) in [5, 5.41) is 10.2. The zero-order valence-electron chi connectivity index (χ0n) is 20.5. The molecule has 33 heavy (non-hydrogen) atoms. The molecule has 1 aromatic heterocycles. The Hall–Kier alpha value is -3.94. The standard InChI is InChI=1S/C25H29N5O3/c1-16-6-10-18(11-7-16)25(33)26-19-12-8-17(9-13-19)14-21-27-23(29(2)3)20(15-22(31)32)24(28-21)30(4)5/h6-13H,14-15H2,1-5H3,(H,26,33)(H,31,32)/i/hD. The summed E-state index contributed by atoms with van der Waals surface area (Å²) < 4.78 is 8.23. The van der Waals surface area contributed by atoms with Gasteiger partial charge >= 0.3 is 5.97 Å². The third-order valence-corrected chi connectivity index (χ3v) is 5.01. The highest BCUT2D eigenvalue weighted by molar-refractivity contribution is 6.04. The van der Waals surface area contributed by atoms with Crippen LogP contribution in [-0.2, 0) is 17.6 Å². The molecule has 0 unspecified atom stereocenters. The number of aliphatic carboxylic acids is 1. The van der Waals surface area contributed by atoms with Crippen LogP contribution in [0.25, 0.3) is 0 Å². The maximum absolute atomic E-state index is 12.6. The van der Waals surface area contributed by atoms with E-state index in [-0.39, 0.29) is 6.42 Å². The lowest BCUT2D eigenvalue weighted by Crippen LogP contribution is -2.22. The van der Waals surface area contributed by atoms with E-state index in [0.29, 0.717) is 40.7 Å².